The molecule has 0 aliphatic rings. The topological polar surface area (TPSA) is 38.9 Å². The highest BCUT2D eigenvalue weighted by Crippen LogP contribution is 2.30. The van der Waals surface area contributed by atoms with Crippen molar-refractivity contribution in [1.82, 2.24) is 4.98 Å². The molecule has 1 aromatic heterocycles. The Labute approximate surface area is 102 Å². The predicted octanol–water partition coefficient (Wildman–Crippen LogP) is 3.15. The Balaban J connectivity index is 2.25. The number of hydrogen-bond donors (Lipinski definition) is 1. The number of pyridine rings is 1. The van der Waals surface area contributed by atoms with Gasteiger partial charge in [-0.2, -0.15) is 13.2 Å². The number of rotatable bonds is 2. The second-order valence-corrected chi connectivity index (χ2v) is 3.85. The first-order chi connectivity index (χ1) is 8.48. The molecule has 2 nitrogen and oxygen atoms in total. The molecule has 2 rings (SSSR count). The first-order valence-electron chi connectivity index (χ1n) is 5.32. The van der Waals surface area contributed by atoms with Crippen molar-refractivity contribution in [3.63, 3.8) is 0 Å². The number of hydrogen-bond acceptors (Lipinski definition) is 2. The van der Waals surface area contributed by atoms with E-state index >= 15 is 0 Å². The molecule has 1 atom stereocenters. The molecule has 0 spiro atoms. The second-order valence-electron chi connectivity index (χ2n) is 3.85. The minimum Gasteiger partial charge on any atom is -0.319 e. The van der Waals surface area contributed by atoms with E-state index in [1.165, 1.54) is 12.1 Å². The molecular formula is C13H11F3N2. The first kappa shape index (κ1) is 12.6. The van der Waals surface area contributed by atoms with Crippen LogP contribution in [0.25, 0.3) is 0 Å². The van der Waals surface area contributed by atoms with Gasteiger partial charge in [0.15, 0.2) is 0 Å². The lowest BCUT2D eigenvalue weighted by Crippen LogP contribution is -2.14. The number of halogens is 3. The van der Waals surface area contributed by atoms with Gasteiger partial charge >= 0.3 is 6.18 Å². The van der Waals surface area contributed by atoms with E-state index in [1.54, 1.807) is 24.4 Å². The maximum atomic E-state index is 12.4. The fraction of sp³-hybridized carbons (Fsp3) is 0.154. The van der Waals surface area contributed by atoms with Crippen molar-refractivity contribution < 1.29 is 13.2 Å². The van der Waals surface area contributed by atoms with Gasteiger partial charge in [-0.1, -0.05) is 18.2 Å². The Morgan fingerprint density at radius 2 is 1.67 bits per heavy atom. The Bertz CT molecular complexity index is 506. The Morgan fingerprint density at radius 3 is 2.17 bits per heavy atom. The molecule has 0 unspecified atom stereocenters. The molecule has 0 aliphatic carbocycles. The zero-order valence-corrected chi connectivity index (χ0v) is 9.35. The molecule has 0 amide bonds. The number of nitrogens with zero attached hydrogens (tertiary/aromatic N) is 1. The maximum Gasteiger partial charge on any atom is 0.416 e. The van der Waals surface area contributed by atoms with Gasteiger partial charge in [-0.25, -0.2) is 0 Å². The molecular weight excluding hydrogens is 241 g/mol. The van der Waals surface area contributed by atoms with Crippen LogP contribution in [0.5, 0.6) is 0 Å². The summed E-state index contributed by atoms with van der Waals surface area (Å²) in [4.78, 5) is 4.08. The molecule has 0 bridgehead atoms. The highest BCUT2D eigenvalue weighted by Gasteiger charge is 2.30. The third-order valence-corrected chi connectivity index (χ3v) is 2.60. The zero-order valence-electron chi connectivity index (χ0n) is 9.35. The molecule has 1 aromatic carbocycles. The zero-order chi connectivity index (χ0) is 13.2. The molecule has 0 saturated carbocycles. The lowest BCUT2D eigenvalue weighted by molar-refractivity contribution is -0.137. The molecule has 18 heavy (non-hydrogen) atoms. The first-order valence-corrected chi connectivity index (χ1v) is 5.32. The van der Waals surface area contributed by atoms with E-state index in [0.717, 1.165) is 12.1 Å². The van der Waals surface area contributed by atoms with Gasteiger partial charge in [0.1, 0.15) is 0 Å². The van der Waals surface area contributed by atoms with E-state index in [1.807, 2.05) is 0 Å². The third kappa shape index (κ3) is 2.68. The van der Waals surface area contributed by atoms with Crippen LogP contribution in [0.4, 0.5) is 13.2 Å². The third-order valence-electron chi connectivity index (χ3n) is 2.60. The highest BCUT2D eigenvalue weighted by molar-refractivity contribution is 5.31. The van der Waals surface area contributed by atoms with Gasteiger partial charge in [0.2, 0.25) is 0 Å². The van der Waals surface area contributed by atoms with Crippen LogP contribution < -0.4 is 5.73 Å². The number of aromatic nitrogens is 1. The number of nitrogens with two attached hydrogens (primary N) is 1. The normalized spacial score (nSPS) is 13.3. The van der Waals surface area contributed by atoms with Crippen LogP contribution in [-0.2, 0) is 6.18 Å². The van der Waals surface area contributed by atoms with Gasteiger partial charge in [0.25, 0.3) is 0 Å². The fourth-order valence-electron chi connectivity index (χ4n) is 1.61. The summed E-state index contributed by atoms with van der Waals surface area (Å²) in [5.41, 5.74) is 6.47. The second kappa shape index (κ2) is 4.78. The summed E-state index contributed by atoms with van der Waals surface area (Å²) in [5, 5.41) is 0. The predicted molar refractivity (Wildman–Crippen MR) is 61.7 cm³/mol. The molecule has 1 heterocycles. The lowest BCUT2D eigenvalue weighted by atomic mass is 10.0. The van der Waals surface area contributed by atoms with Crippen LogP contribution in [-0.4, -0.2) is 4.98 Å². The van der Waals surface area contributed by atoms with Gasteiger partial charge in [0, 0.05) is 6.20 Å². The van der Waals surface area contributed by atoms with Crippen LogP contribution in [0, 0.1) is 0 Å². The summed E-state index contributed by atoms with van der Waals surface area (Å²) < 4.78 is 37.2. The molecule has 0 saturated heterocycles. The van der Waals surface area contributed by atoms with Crippen LogP contribution in [0.1, 0.15) is 22.9 Å². The lowest BCUT2D eigenvalue weighted by Gasteiger charge is -2.13. The van der Waals surface area contributed by atoms with Crippen LogP contribution in [0.3, 0.4) is 0 Å². The van der Waals surface area contributed by atoms with Gasteiger partial charge < -0.3 is 5.73 Å². The summed E-state index contributed by atoms with van der Waals surface area (Å²) in [6.07, 6.45) is -2.73. The van der Waals surface area contributed by atoms with Gasteiger partial charge in [-0.15, -0.1) is 0 Å². The minimum atomic E-state index is -4.33. The highest BCUT2D eigenvalue weighted by atomic mass is 19.4. The van der Waals surface area contributed by atoms with Gasteiger partial charge in [-0.3, -0.25) is 4.98 Å². The standard InChI is InChI=1S/C13H11F3N2/c14-13(15,16)10-6-4-9(5-7-10)12(17)11-3-1-2-8-18-11/h1-8,12H,17H2/t12-/m0/s1. The molecule has 94 valence electrons. The summed E-state index contributed by atoms with van der Waals surface area (Å²) in [7, 11) is 0. The van der Waals surface area contributed by atoms with E-state index in [0.29, 0.717) is 11.3 Å². The molecule has 0 radical (unpaired) electrons. The van der Waals surface area contributed by atoms with Crippen molar-refractivity contribution in [2.45, 2.75) is 12.2 Å². The average molecular weight is 252 g/mol. The summed E-state index contributed by atoms with van der Waals surface area (Å²) in [5.74, 6) is 0. The van der Waals surface area contributed by atoms with Crippen molar-refractivity contribution in [2.24, 2.45) is 5.73 Å². The van der Waals surface area contributed by atoms with Crippen LogP contribution >= 0.6 is 0 Å². The average Bonchev–Trinajstić information content (AvgIpc) is 2.38. The molecule has 2 aromatic rings. The largest absolute Gasteiger partial charge is 0.416 e. The Kier molecular flexibility index (Phi) is 3.34. The van der Waals surface area contributed by atoms with E-state index < -0.39 is 17.8 Å². The molecule has 2 N–H and O–H groups in total. The van der Waals surface area contributed by atoms with E-state index in [-0.39, 0.29) is 0 Å². The summed E-state index contributed by atoms with van der Waals surface area (Å²) >= 11 is 0. The quantitative estimate of drug-likeness (QED) is 0.891. The maximum absolute atomic E-state index is 12.4. The fourth-order valence-corrected chi connectivity index (χ4v) is 1.61. The minimum absolute atomic E-state index is 0.520. The van der Waals surface area contributed by atoms with Crippen molar-refractivity contribution >= 4 is 0 Å². The monoisotopic (exact) mass is 252 g/mol. The SMILES string of the molecule is N[C@@H](c1ccc(C(F)(F)F)cc1)c1ccccn1. The number of alkyl halides is 3. The van der Waals surface area contributed by atoms with Crippen molar-refractivity contribution in [2.75, 3.05) is 0 Å². The van der Waals surface area contributed by atoms with Crippen molar-refractivity contribution in [1.29, 1.82) is 0 Å². The molecule has 0 fully saturated rings. The van der Waals surface area contributed by atoms with Crippen molar-refractivity contribution in [3.05, 3.63) is 65.5 Å². The van der Waals surface area contributed by atoms with Gasteiger partial charge in [0.05, 0.1) is 17.3 Å². The van der Waals surface area contributed by atoms with E-state index in [4.69, 9.17) is 5.73 Å². The summed E-state index contributed by atoms with van der Waals surface area (Å²) in [6, 6.07) is 9.56. The molecule has 5 heteroatoms. The van der Waals surface area contributed by atoms with Crippen molar-refractivity contribution in [3.8, 4) is 0 Å². The summed E-state index contributed by atoms with van der Waals surface area (Å²) in [6.45, 7) is 0. The van der Waals surface area contributed by atoms with E-state index in [9.17, 15) is 13.2 Å². The molecule has 0 aliphatic heterocycles. The Morgan fingerprint density at radius 1 is 1.00 bits per heavy atom. The smallest absolute Gasteiger partial charge is 0.319 e. The van der Waals surface area contributed by atoms with E-state index in [2.05, 4.69) is 4.98 Å². The van der Waals surface area contributed by atoms with Gasteiger partial charge in [-0.05, 0) is 29.8 Å². The van der Waals surface area contributed by atoms with Crippen LogP contribution in [0.15, 0.2) is 48.7 Å². The Hall–Kier alpha value is -1.88. The number of benzene rings is 1. The van der Waals surface area contributed by atoms with Crippen LogP contribution in [0.2, 0.25) is 0 Å².